The fourth-order valence-electron chi connectivity index (χ4n) is 2.74. The first kappa shape index (κ1) is 18.0. The molecule has 0 N–H and O–H groups in total. The first-order valence-electron chi connectivity index (χ1n) is 8.23. The summed E-state index contributed by atoms with van der Waals surface area (Å²) in [6, 6.07) is 19.9. The van der Waals surface area contributed by atoms with Gasteiger partial charge in [-0.15, -0.1) is 22.7 Å². The molecule has 136 valence electrons. The van der Waals surface area contributed by atoms with Gasteiger partial charge in [-0.1, -0.05) is 11.6 Å². The second-order valence-corrected chi connectivity index (χ2v) is 8.47. The molecular weight excluding hydrogens is 398 g/mol. The van der Waals surface area contributed by atoms with Gasteiger partial charge >= 0.3 is 0 Å². The first-order valence-corrected chi connectivity index (χ1v) is 10.2. The molecule has 0 amide bonds. The van der Waals surface area contributed by atoms with Gasteiger partial charge < -0.3 is 9.47 Å². The number of aromatic nitrogens is 1. The van der Waals surface area contributed by atoms with Gasteiger partial charge in [0.1, 0.15) is 16.5 Å². The lowest BCUT2D eigenvalue weighted by Crippen LogP contribution is -1.86. The standard InChI is InChI=1S/C21H16ClNO2S2/c1-24-15-7-3-13(4-8-15)19-20(14-5-9-16(25-2)10-6-14)27-21(23-19)17-11-12-18(22)26-17/h3-12H,1-2H3. The third-order valence-corrected chi connectivity index (χ3v) is 6.63. The van der Waals surface area contributed by atoms with Gasteiger partial charge in [0.15, 0.2) is 0 Å². The number of thiophene rings is 1. The van der Waals surface area contributed by atoms with Crippen LogP contribution in [-0.4, -0.2) is 19.2 Å². The molecule has 3 nitrogen and oxygen atoms in total. The van der Waals surface area contributed by atoms with Gasteiger partial charge in [-0.25, -0.2) is 4.98 Å². The number of nitrogens with zero attached hydrogens (tertiary/aromatic N) is 1. The number of hydrogen-bond donors (Lipinski definition) is 0. The van der Waals surface area contributed by atoms with Crippen LogP contribution in [0.4, 0.5) is 0 Å². The Bertz CT molecular complexity index is 988. The lowest BCUT2D eigenvalue weighted by molar-refractivity contribution is 0.414. The van der Waals surface area contributed by atoms with E-state index in [2.05, 4.69) is 12.1 Å². The molecule has 2 aromatic carbocycles. The Balaban J connectivity index is 1.84. The maximum atomic E-state index is 6.13. The summed E-state index contributed by atoms with van der Waals surface area (Å²) in [5, 5.41) is 0.962. The molecule has 0 radical (unpaired) electrons. The van der Waals surface area contributed by atoms with Crippen LogP contribution in [-0.2, 0) is 0 Å². The van der Waals surface area contributed by atoms with E-state index < -0.39 is 0 Å². The fraction of sp³-hybridized carbons (Fsp3) is 0.0952. The van der Waals surface area contributed by atoms with Gasteiger partial charge in [-0.2, -0.15) is 0 Å². The molecule has 0 bridgehead atoms. The zero-order valence-corrected chi connectivity index (χ0v) is 17.1. The SMILES string of the molecule is COc1ccc(-c2nc(-c3ccc(Cl)s3)sc2-c2ccc(OC)cc2)cc1. The van der Waals surface area contributed by atoms with Crippen molar-refractivity contribution in [1.82, 2.24) is 4.98 Å². The van der Waals surface area contributed by atoms with Gasteiger partial charge in [-0.05, 0) is 66.2 Å². The van der Waals surface area contributed by atoms with Gasteiger partial charge in [0.2, 0.25) is 0 Å². The summed E-state index contributed by atoms with van der Waals surface area (Å²) in [5.74, 6) is 1.66. The van der Waals surface area contributed by atoms with Crippen molar-refractivity contribution in [2.45, 2.75) is 0 Å². The number of ether oxygens (including phenoxy) is 2. The first-order chi connectivity index (χ1) is 13.2. The zero-order valence-electron chi connectivity index (χ0n) is 14.7. The largest absolute Gasteiger partial charge is 0.497 e. The summed E-state index contributed by atoms with van der Waals surface area (Å²) < 4.78 is 11.3. The molecule has 0 saturated heterocycles. The molecule has 0 spiro atoms. The van der Waals surface area contributed by atoms with E-state index in [4.69, 9.17) is 26.1 Å². The highest BCUT2D eigenvalue weighted by Gasteiger charge is 2.17. The number of halogens is 1. The highest BCUT2D eigenvalue weighted by molar-refractivity contribution is 7.25. The smallest absolute Gasteiger partial charge is 0.134 e. The number of rotatable bonds is 5. The van der Waals surface area contributed by atoms with Crippen molar-refractivity contribution >= 4 is 34.3 Å². The Kier molecular flexibility index (Phi) is 5.16. The summed E-state index contributed by atoms with van der Waals surface area (Å²) in [5.41, 5.74) is 3.10. The van der Waals surface area contributed by atoms with Crippen LogP contribution in [0.3, 0.4) is 0 Å². The van der Waals surface area contributed by atoms with Crippen LogP contribution in [0.5, 0.6) is 11.5 Å². The van der Waals surface area contributed by atoms with Crippen molar-refractivity contribution in [3.05, 3.63) is 65.0 Å². The number of hydrogen-bond acceptors (Lipinski definition) is 5. The summed E-state index contributed by atoms with van der Waals surface area (Å²) in [4.78, 5) is 7.12. The van der Waals surface area contributed by atoms with E-state index in [9.17, 15) is 0 Å². The van der Waals surface area contributed by atoms with Crippen LogP contribution < -0.4 is 9.47 Å². The Morgan fingerprint density at radius 3 is 1.85 bits per heavy atom. The average molecular weight is 414 g/mol. The molecule has 0 fully saturated rings. The van der Waals surface area contributed by atoms with Crippen LogP contribution in [0.1, 0.15) is 0 Å². The molecule has 2 heterocycles. The lowest BCUT2D eigenvalue weighted by atomic mass is 10.1. The van der Waals surface area contributed by atoms with Gasteiger partial charge in [0, 0.05) is 5.56 Å². The fourth-order valence-corrected chi connectivity index (χ4v) is 4.93. The van der Waals surface area contributed by atoms with Crippen molar-refractivity contribution in [3.63, 3.8) is 0 Å². The quantitative estimate of drug-likeness (QED) is 0.357. The number of methoxy groups -OCH3 is 2. The summed E-state index contributed by atoms with van der Waals surface area (Å²) in [7, 11) is 3.34. The minimum absolute atomic E-state index is 0.761. The highest BCUT2D eigenvalue weighted by Crippen LogP contribution is 2.43. The minimum atomic E-state index is 0.761. The maximum absolute atomic E-state index is 6.13. The molecule has 0 aliphatic rings. The molecule has 0 saturated carbocycles. The van der Waals surface area contributed by atoms with E-state index in [0.717, 1.165) is 47.4 Å². The molecule has 0 aliphatic carbocycles. The Labute approximate surface area is 170 Å². The van der Waals surface area contributed by atoms with Gasteiger partial charge in [0.05, 0.1) is 34.0 Å². The zero-order chi connectivity index (χ0) is 18.8. The molecule has 2 aromatic heterocycles. The average Bonchev–Trinajstić information content (AvgIpc) is 3.34. The lowest BCUT2D eigenvalue weighted by Gasteiger charge is -2.05. The van der Waals surface area contributed by atoms with Crippen molar-refractivity contribution in [2.24, 2.45) is 0 Å². The predicted octanol–water partition coefficient (Wildman–Crippen LogP) is 6.88. The Morgan fingerprint density at radius 1 is 0.741 bits per heavy atom. The normalized spacial score (nSPS) is 10.8. The Hall–Kier alpha value is -2.34. The summed E-state index contributed by atoms with van der Waals surface area (Å²) in [6.07, 6.45) is 0. The van der Waals surface area contributed by atoms with Crippen LogP contribution in [0.25, 0.3) is 31.6 Å². The van der Waals surface area contributed by atoms with E-state index in [1.165, 1.54) is 11.3 Å². The molecule has 4 aromatic rings. The monoisotopic (exact) mass is 413 g/mol. The van der Waals surface area contributed by atoms with Crippen molar-refractivity contribution < 1.29 is 9.47 Å². The number of benzene rings is 2. The molecule has 0 atom stereocenters. The molecule has 0 unspecified atom stereocenters. The van der Waals surface area contributed by atoms with E-state index in [1.54, 1.807) is 25.6 Å². The van der Waals surface area contributed by atoms with Crippen molar-refractivity contribution in [3.8, 4) is 43.1 Å². The molecule has 0 aliphatic heterocycles. The number of thiazole rings is 1. The van der Waals surface area contributed by atoms with Gasteiger partial charge in [0.25, 0.3) is 0 Å². The van der Waals surface area contributed by atoms with Crippen LogP contribution in [0.2, 0.25) is 4.34 Å². The van der Waals surface area contributed by atoms with E-state index >= 15 is 0 Å². The maximum Gasteiger partial charge on any atom is 0.134 e. The highest BCUT2D eigenvalue weighted by atomic mass is 35.5. The second-order valence-electron chi connectivity index (χ2n) is 5.76. The molecular formula is C21H16ClNO2S2. The molecule has 4 rings (SSSR count). The predicted molar refractivity (Wildman–Crippen MR) is 114 cm³/mol. The van der Waals surface area contributed by atoms with Crippen molar-refractivity contribution in [2.75, 3.05) is 14.2 Å². The van der Waals surface area contributed by atoms with E-state index in [1.807, 2.05) is 48.5 Å². The second kappa shape index (κ2) is 7.72. The molecule has 27 heavy (non-hydrogen) atoms. The third kappa shape index (κ3) is 3.72. The van der Waals surface area contributed by atoms with E-state index in [-0.39, 0.29) is 0 Å². The van der Waals surface area contributed by atoms with E-state index in [0.29, 0.717) is 0 Å². The topological polar surface area (TPSA) is 31.4 Å². The molecule has 6 heteroatoms. The van der Waals surface area contributed by atoms with Crippen LogP contribution >= 0.6 is 34.3 Å². The van der Waals surface area contributed by atoms with Crippen LogP contribution in [0, 0.1) is 0 Å². The summed E-state index contributed by atoms with van der Waals surface area (Å²) in [6.45, 7) is 0. The Morgan fingerprint density at radius 2 is 1.33 bits per heavy atom. The van der Waals surface area contributed by atoms with Crippen LogP contribution in [0.15, 0.2) is 60.7 Å². The minimum Gasteiger partial charge on any atom is -0.497 e. The summed E-state index contributed by atoms with van der Waals surface area (Å²) >= 11 is 9.33. The van der Waals surface area contributed by atoms with Gasteiger partial charge in [-0.3, -0.25) is 0 Å². The van der Waals surface area contributed by atoms with Crippen molar-refractivity contribution in [1.29, 1.82) is 0 Å². The third-order valence-electron chi connectivity index (χ3n) is 4.13.